The summed E-state index contributed by atoms with van der Waals surface area (Å²) in [6, 6.07) is 3.39. The minimum absolute atomic E-state index is 0.523. The van der Waals surface area contributed by atoms with Crippen molar-refractivity contribution in [2.45, 2.75) is 0 Å². The lowest BCUT2D eigenvalue weighted by atomic mass is 10.2. The Balaban J connectivity index is 2.87. The second kappa shape index (κ2) is 7.49. The molecule has 0 radical (unpaired) electrons. The fourth-order valence-electron chi connectivity index (χ4n) is 1.29. The number of amides is 2. The molecule has 0 spiro atoms. The number of nitrogens with one attached hydrogen (secondary N) is 2. The van der Waals surface area contributed by atoms with Gasteiger partial charge in [0, 0.05) is 17.1 Å². The topological polar surface area (TPSA) is 89.0 Å². The van der Waals surface area contributed by atoms with Gasteiger partial charge >= 0.3 is 11.8 Å². The molecule has 0 bridgehead atoms. The number of likely N-dealkylation sites (N-methyl/N-ethyl adjacent to an activating group) is 1. The molecule has 1 rings (SSSR count). The average Bonchev–Trinajstić information content (AvgIpc) is 2.47. The number of nitrogens with zero attached hydrogens (tertiary/aromatic N) is 1. The van der Waals surface area contributed by atoms with Crippen LogP contribution in [-0.2, 0) is 9.59 Å². The van der Waals surface area contributed by atoms with E-state index in [2.05, 4.69) is 31.8 Å². The van der Waals surface area contributed by atoms with Crippen LogP contribution >= 0.6 is 15.9 Å². The molecule has 0 heterocycles. The van der Waals surface area contributed by atoms with Gasteiger partial charge in [-0.15, -0.1) is 0 Å². The van der Waals surface area contributed by atoms with Crippen LogP contribution in [-0.4, -0.2) is 39.3 Å². The molecule has 0 fully saturated rings. The van der Waals surface area contributed by atoms with Crippen LogP contribution < -0.4 is 20.2 Å². The molecule has 0 aliphatic carbocycles. The number of halogens is 1. The van der Waals surface area contributed by atoms with Crippen LogP contribution in [0, 0.1) is 0 Å². The van der Waals surface area contributed by atoms with E-state index in [1.165, 1.54) is 27.5 Å². The Labute approximate surface area is 124 Å². The van der Waals surface area contributed by atoms with Crippen LogP contribution in [0.15, 0.2) is 21.7 Å². The third kappa shape index (κ3) is 3.95. The zero-order chi connectivity index (χ0) is 15.1. The number of benzene rings is 1. The van der Waals surface area contributed by atoms with Gasteiger partial charge in [0.1, 0.15) is 0 Å². The number of carbonyl (C=O) groups is 2. The van der Waals surface area contributed by atoms with E-state index in [-0.39, 0.29) is 0 Å². The van der Waals surface area contributed by atoms with Crippen molar-refractivity contribution in [2.75, 3.05) is 21.3 Å². The minimum atomic E-state index is -0.847. The highest BCUT2D eigenvalue weighted by atomic mass is 79.9. The maximum Gasteiger partial charge on any atom is 0.329 e. The quantitative estimate of drug-likeness (QED) is 0.477. The normalized spacial score (nSPS) is 10.2. The van der Waals surface area contributed by atoms with Gasteiger partial charge in [0.25, 0.3) is 0 Å². The molecular formula is C12H14BrN3O4. The second-order valence-corrected chi connectivity index (χ2v) is 4.36. The van der Waals surface area contributed by atoms with Crippen molar-refractivity contribution >= 4 is 34.0 Å². The summed E-state index contributed by atoms with van der Waals surface area (Å²) < 4.78 is 11.0. The van der Waals surface area contributed by atoms with Crippen LogP contribution in [0.5, 0.6) is 11.5 Å². The van der Waals surface area contributed by atoms with E-state index in [1.807, 2.05) is 0 Å². The number of hydrogen-bond acceptors (Lipinski definition) is 5. The molecule has 7 nitrogen and oxygen atoms in total. The van der Waals surface area contributed by atoms with Crippen molar-refractivity contribution < 1.29 is 19.1 Å². The molecule has 108 valence electrons. The molecule has 1 aromatic rings. The number of hydrogen-bond donors (Lipinski definition) is 2. The number of rotatable bonds is 4. The van der Waals surface area contributed by atoms with E-state index in [9.17, 15) is 9.59 Å². The summed E-state index contributed by atoms with van der Waals surface area (Å²) in [4.78, 5) is 22.1. The standard InChI is InChI=1S/C12H14BrN3O4/c1-14-11(17)12(18)16-15-6-7-4-9(19-2)10(20-3)5-8(7)13/h4-6H,1-3H3,(H,14,17)(H,16,18)/b15-6-. The monoisotopic (exact) mass is 343 g/mol. The number of hydrazone groups is 1. The molecule has 0 atom stereocenters. The van der Waals surface area contributed by atoms with Gasteiger partial charge in [0.15, 0.2) is 11.5 Å². The minimum Gasteiger partial charge on any atom is -0.493 e. The first-order chi connectivity index (χ1) is 9.53. The van der Waals surface area contributed by atoms with Crippen molar-refractivity contribution in [2.24, 2.45) is 5.10 Å². The maximum absolute atomic E-state index is 11.2. The second-order valence-electron chi connectivity index (χ2n) is 3.51. The van der Waals surface area contributed by atoms with Gasteiger partial charge < -0.3 is 14.8 Å². The molecule has 1 aromatic carbocycles. The highest BCUT2D eigenvalue weighted by molar-refractivity contribution is 9.10. The molecule has 2 N–H and O–H groups in total. The fourth-order valence-corrected chi connectivity index (χ4v) is 1.72. The predicted octanol–water partition coefficient (Wildman–Crippen LogP) is 0.662. The van der Waals surface area contributed by atoms with Crippen LogP contribution in [0.2, 0.25) is 0 Å². The average molecular weight is 344 g/mol. The number of carbonyl (C=O) groups excluding carboxylic acids is 2. The van der Waals surface area contributed by atoms with Crippen molar-refractivity contribution in [1.82, 2.24) is 10.7 Å². The van der Waals surface area contributed by atoms with Crippen LogP contribution in [0.3, 0.4) is 0 Å². The first-order valence-electron chi connectivity index (χ1n) is 5.50. The first-order valence-corrected chi connectivity index (χ1v) is 6.29. The number of ether oxygens (including phenoxy) is 2. The summed E-state index contributed by atoms with van der Waals surface area (Å²) in [7, 11) is 4.40. The molecule has 8 heteroatoms. The van der Waals surface area contributed by atoms with Crippen LogP contribution in [0.1, 0.15) is 5.56 Å². The van der Waals surface area contributed by atoms with E-state index < -0.39 is 11.8 Å². The van der Waals surface area contributed by atoms with Gasteiger partial charge in [-0.05, 0) is 28.1 Å². The fraction of sp³-hybridized carbons (Fsp3) is 0.250. The van der Waals surface area contributed by atoms with E-state index in [0.717, 1.165) is 0 Å². The van der Waals surface area contributed by atoms with Crippen LogP contribution in [0.4, 0.5) is 0 Å². The Hall–Kier alpha value is -2.09. The summed E-state index contributed by atoms with van der Waals surface area (Å²) in [5.41, 5.74) is 2.75. The van der Waals surface area contributed by atoms with Gasteiger partial charge in [-0.3, -0.25) is 9.59 Å². The van der Waals surface area contributed by atoms with Crippen molar-refractivity contribution in [3.8, 4) is 11.5 Å². The predicted molar refractivity (Wildman–Crippen MR) is 77.0 cm³/mol. The third-order valence-corrected chi connectivity index (χ3v) is 2.99. The molecular weight excluding hydrogens is 330 g/mol. The Morgan fingerprint density at radius 1 is 1.20 bits per heavy atom. The summed E-state index contributed by atoms with van der Waals surface area (Å²) in [5, 5.41) is 5.88. The number of methoxy groups -OCH3 is 2. The highest BCUT2D eigenvalue weighted by Crippen LogP contribution is 2.32. The lowest BCUT2D eigenvalue weighted by Crippen LogP contribution is -2.35. The van der Waals surface area contributed by atoms with Crippen molar-refractivity contribution in [1.29, 1.82) is 0 Å². The lowest BCUT2D eigenvalue weighted by molar-refractivity contribution is -0.138. The Bertz CT molecular complexity index is 546. The molecule has 0 unspecified atom stereocenters. The maximum atomic E-state index is 11.2. The molecule has 0 aliphatic heterocycles. The molecule has 0 saturated heterocycles. The van der Waals surface area contributed by atoms with E-state index in [1.54, 1.807) is 12.1 Å². The van der Waals surface area contributed by atoms with Crippen molar-refractivity contribution in [3.63, 3.8) is 0 Å². The molecule has 20 heavy (non-hydrogen) atoms. The molecule has 0 aliphatic rings. The van der Waals surface area contributed by atoms with Gasteiger partial charge in [-0.1, -0.05) is 0 Å². The van der Waals surface area contributed by atoms with Gasteiger partial charge in [0.2, 0.25) is 0 Å². The Kier molecular flexibility index (Phi) is 5.98. The zero-order valence-corrected chi connectivity index (χ0v) is 12.8. The zero-order valence-electron chi connectivity index (χ0n) is 11.2. The van der Waals surface area contributed by atoms with Gasteiger partial charge in [-0.2, -0.15) is 5.10 Å². The smallest absolute Gasteiger partial charge is 0.329 e. The summed E-state index contributed by atoms with van der Waals surface area (Å²) in [5.74, 6) is -0.533. The van der Waals surface area contributed by atoms with Crippen molar-refractivity contribution in [3.05, 3.63) is 22.2 Å². The molecule has 2 amide bonds. The Morgan fingerprint density at radius 3 is 2.35 bits per heavy atom. The summed E-state index contributed by atoms with van der Waals surface area (Å²) in [6.07, 6.45) is 1.38. The third-order valence-electron chi connectivity index (χ3n) is 2.31. The van der Waals surface area contributed by atoms with Gasteiger partial charge in [0.05, 0.1) is 20.4 Å². The first kappa shape index (κ1) is 16.0. The largest absolute Gasteiger partial charge is 0.493 e. The molecule has 0 saturated carbocycles. The molecule has 0 aromatic heterocycles. The van der Waals surface area contributed by atoms with Gasteiger partial charge in [-0.25, -0.2) is 5.43 Å². The Morgan fingerprint density at radius 2 is 1.80 bits per heavy atom. The van der Waals surface area contributed by atoms with E-state index in [0.29, 0.717) is 21.5 Å². The van der Waals surface area contributed by atoms with E-state index in [4.69, 9.17) is 9.47 Å². The van der Waals surface area contributed by atoms with Crippen LogP contribution in [0.25, 0.3) is 0 Å². The SMILES string of the molecule is CNC(=O)C(=O)N/N=C\c1cc(OC)c(OC)cc1Br. The summed E-state index contributed by atoms with van der Waals surface area (Å²) in [6.45, 7) is 0. The highest BCUT2D eigenvalue weighted by Gasteiger charge is 2.10. The lowest BCUT2D eigenvalue weighted by Gasteiger charge is -2.09. The van der Waals surface area contributed by atoms with E-state index >= 15 is 0 Å². The summed E-state index contributed by atoms with van der Waals surface area (Å²) >= 11 is 3.34.